The zero-order chi connectivity index (χ0) is 17.4. The van der Waals surface area contributed by atoms with E-state index in [9.17, 15) is 0 Å². The lowest BCUT2D eigenvalue weighted by molar-refractivity contribution is 0.415. The van der Waals surface area contributed by atoms with Gasteiger partial charge >= 0.3 is 0 Å². The van der Waals surface area contributed by atoms with Gasteiger partial charge in [0, 0.05) is 10.6 Å². The molecular weight excluding hydrogens is 360 g/mol. The molecule has 0 N–H and O–H groups in total. The molecule has 25 heavy (non-hydrogen) atoms. The lowest BCUT2D eigenvalue weighted by Gasteiger charge is -2.06. The van der Waals surface area contributed by atoms with E-state index in [1.54, 1.807) is 36.9 Å². The summed E-state index contributed by atoms with van der Waals surface area (Å²) in [5, 5.41) is 14.5. The number of nitrogens with zero attached hydrogens (tertiary/aromatic N) is 4. The molecule has 0 saturated carbocycles. The van der Waals surface area contributed by atoms with Crippen molar-refractivity contribution in [2.75, 3.05) is 14.2 Å². The van der Waals surface area contributed by atoms with E-state index in [1.807, 2.05) is 24.3 Å². The van der Waals surface area contributed by atoms with E-state index < -0.39 is 0 Å². The maximum atomic E-state index is 6.13. The van der Waals surface area contributed by atoms with Crippen LogP contribution in [0.25, 0.3) is 26.9 Å². The molecular formula is C17H13ClN4O2S. The molecule has 2 heterocycles. The third kappa shape index (κ3) is 2.81. The third-order valence-electron chi connectivity index (χ3n) is 3.71. The third-order valence-corrected chi connectivity index (χ3v) is 4.89. The molecule has 126 valence electrons. The summed E-state index contributed by atoms with van der Waals surface area (Å²) in [6, 6.07) is 13.1. The second-order valence-electron chi connectivity index (χ2n) is 5.20. The van der Waals surface area contributed by atoms with Gasteiger partial charge in [-0.25, -0.2) is 0 Å². The van der Waals surface area contributed by atoms with Gasteiger partial charge in [-0.2, -0.15) is 9.61 Å². The number of rotatable bonds is 4. The van der Waals surface area contributed by atoms with E-state index >= 15 is 0 Å². The molecule has 0 saturated heterocycles. The fourth-order valence-electron chi connectivity index (χ4n) is 2.51. The number of hydrogen-bond acceptors (Lipinski definition) is 6. The van der Waals surface area contributed by atoms with Crippen LogP contribution in [0.15, 0.2) is 42.5 Å². The summed E-state index contributed by atoms with van der Waals surface area (Å²) in [6.07, 6.45) is 0. The molecule has 2 aromatic heterocycles. The minimum absolute atomic E-state index is 0.583. The molecule has 0 spiro atoms. The van der Waals surface area contributed by atoms with Crippen molar-refractivity contribution in [3.8, 4) is 33.5 Å². The van der Waals surface area contributed by atoms with E-state index in [4.69, 9.17) is 21.1 Å². The average Bonchev–Trinajstić information content (AvgIpc) is 3.22. The Hall–Kier alpha value is -2.64. The number of methoxy groups -OCH3 is 2. The fraction of sp³-hybridized carbons (Fsp3) is 0.118. The van der Waals surface area contributed by atoms with Crippen LogP contribution in [0.1, 0.15) is 0 Å². The van der Waals surface area contributed by atoms with Gasteiger partial charge in [0.1, 0.15) is 16.5 Å². The minimum Gasteiger partial charge on any atom is -0.497 e. The van der Waals surface area contributed by atoms with Crippen LogP contribution in [0, 0.1) is 0 Å². The van der Waals surface area contributed by atoms with Crippen LogP contribution in [0.3, 0.4) is 0 Å². The summed E-state index contributed by atoms with van der Waals surface area (Å²) < 4.78 is 12.4. The van der Waals surface area contributed by atoms with Crippen LogP contribution >= 0.6 is 22.9 Å². The van der Waals surface area contributed by atoms with Gasteiger partial charge in [-0.15, -0.1) is 10.2 Å². The van der Waals surface area contributed by atoms with Crippen LogP contribution in [0.2, 0.25) is 5.02 Å². The molecule has 0 atom stereocenters. The second kappa shape index (κ2) is 6.34. The number of hydrogen-bond donors (Lipinski definition) is 0. The molecule has 0 aliphatic rings. The summed E-state index contributed by atoms with van der Waals surface area (Å²) in [5.41, 5.74) is 1.70. The first-order valence-electron chi connectivity index (χ1n) is 7.40. The van der Waals surface area contributed by atoms with Crippen molar-refractivity contribution in [1.82, 2.24) is 19.8 Å². The van der Waals surface area contributed by atoms with Gasteiger partial charge in [0.25, 0.3) is 0 Å². The number of ether oxygens (including phenoxy) is 2. The van der Waals surface area contributed by atoms with Crippen molar-refractivity contribution in [2.24, 2.45) is 0 Å². The summed E-state index contributed by atoms with van der Waals surface area (Å²) in [7, 11) is 3.24. The predicted molar refractivity (Wildman–Crippen MR) is 97.6 cm³/mol. The average molecular weight is 373 g/mol. The Morgan fingerprint density at radius 2 is 1.92 bits per heavy atom. The first kappa shape index (κ1) is 15.9. The van der Waals surface area contributed by atoms with Crippen molar-refractivity contribution in [3.05, 3.63) is 47.5 Å². The molecule has 2 aromatic carbocycles. The van der Waals surface area contributed by atoms with Gasteiger partial charge in [-0.1, -0.05) is 35.1 Å². The van der Waals surface area contributed by atoms with Crippen molar-refractivity contribution >= 4 is 27.9 Å². The lowest BCUT2D eigenvalue weighted by Crippen LogP contribution is -1.94. The number of halogens is 1. The van der Waals surface area contributed by atoms with Crippen molar-refractivity contribution < 1.29 is 9.47 Å². The molecule has 4 aromatic rings. The van der Waals surface area contributed by atoms with Gasteiger partial charge in [-0.3, -0.25) is 0 Å². The SMILES string of the molecule is COc1cccc(-c2nn3c(-c4cc(Cl)ccc4OC)nnc3s2)c1. The van der Waals surface area contributed by atoms with Crippen molar-refractivity contribution in [2.45, 2.75) is 0 Å². The Balaban J connectivity index is 1.85. The Kier molecular flexibility index (Phi) is 4.03. The molecule has 6 nitrogen and oxygen atoms in total. The minimum atomic E-state index is 0.583. The highest BCUT2D eigenvalue weighted by Gasteiger charge is 2.18. The molecule has 0 bridgehead atoms. The molecule has 0 amide bonds. The summed E-state index contributed by atoms with van der Waals surface area (Å²) >= 11 is 7.58. The Morgan fingerprint density at radius 3 is 2.72 bits per heavy atom. The highest BCUT2D eigenvalue weighted by atomic mass is 35.5. The normalized spacial score (nSPS) is 11.0. The maximum Gasteiger partial charge on any atom is 0.235 e. The Labute approximate surface area is 152 Å². The molecule has 0 radical (unpaired) electrons. The molecule has 4 rings (SSSR count). The van der Waals surface area contributed by atoms with Gasteiger partial charge in [0.05, 0.1) is 19.8 Å². The van der Waals surface area contributed by atoms with Crippen molar-refractivity contribution in [1.29, 1.82) is 0 Å². The first-order valence-corrected chi connectivity index (χ1v) is 8.59. The summed E-state index contributed by atoms with van der Waals surface area (Å²) in [5.74, 6) is 2.02. The van der Waals surface area contributed by atoms with Gasteiger partial charge < -0.3 is 9.47 Å². The van der Waals surface area contributed by atoms with E-state index in [1.165, 1.54) is 11.3 Å². The van der Waals surface area contributed by atoms with Gasteiger partial charge in [0.15, 0.2) is 5.82 Å². The number of benzene rings is 2. The molecule has 8 heteroatoms. The topological polar surface area (TPSA) is 61.5 Å². The second-order valence-corrected chi connectivity index (χ2v) is 6.59. The first-order chi connectivity index (χ1) is 12.2. The van der Waals surface area contributed by atoms with E-state index in [-0.39, 0.29) is 0 Å². The largest absolute Gasteiger partial charge is 0.497 e. The van der Waals surface area contributed by atoms with Crippen LogP contribution in [-0.4, -0.2) is 34.0 Å². The van der Waals surface area contributed by atoms with E-state index in [0.717, 1.165) is 21.9 Å². The zero-order valence-electron chi connectivity index (χ0n) is 13.4. The standard InChI is InChI=1S/C17H13ClN4O2S/c1-23-12-5-3-4-10(8-12)16-21-22-15(19-20-17(22)25-16)13-9-11(18)6-7-14(13)24-2/h3-9H,1-2H3. The molecule has 0 fully saturated rings. The summed E-state index contributed by atoms with van der Waals surface area (Å²) in [6.45, 7) is 0. The van der Waals surface area contributed by atoms with Crippen LogP contribution in [0.4, 0.5) is 0 Å². The fourth-order valence-corrected chi connectivity index (χ4v) is 3.52. The van der Waals surface area contributed by atoms with E-state index in [2.05, 4.69) is 15.3 Å². The highest BCUT2D eigenvalue weighted by molar-refractivity contribution is 7.19. The predicted octanol–water partition coefficient (Wildman–Crippen LogP) is 4.19. The highest BCUT2D eigenvalue weighted by Crippen LogP contribution is 2.34. The molecule has 0 unspecified atom stereocenters. The van der Waals surface area contributed by atoms with Gasteiger partial charge in [-0.05, 0) is 30.3 Å². The summed E-state index contributed by atoms with van der Waals surface area (Å²) in [4.78, 5) is 0.690. The monoisotopic (exact) mass is 372 g/mol. The number of fused-ring (bicyclic) bond motifs is 1. The van der Waals surface area contributed by atoms with Crippen LogP contribution in [-0.2, 0) is 0 Å². The van der Waals surface area contributed by atoms with Crippen LogP contribution < -0.4 is 9.47 Å². The molecule has 0 aliphatic heterocycles. The smallest absolute Gasteiger partial charge is 0.235 e. The number of aromatic nitrogens is 4. The quantitative estimate of drug-likeness (QED) is 0.537. The van der Waals surface area contributed by atoms with Crippen molar-refractivity contribution in [3.63, 3.8) is 0 Å². The maximum absolute atomic E-state index is 6.13. The molecule has 0 aliphatic carbocycles. The zero-order valence-corrected chi connectivity index (χ0v) is 15.0. The van der Waals surface area contributed by atoms with Crippen LogP contribution in [0.5, 0.6) is 11.5 Å². The lowest BCUT2D eigenvalue weighted by atomic mass is 10.2. The van der Waals surface area contributed by atoms with Gasteiger partial charge in [0.2, 0.25) is 4.96 Å². The Bertz CT molecular complexity index is 1060. The van der Waals surface area contributed by atoms with E-state index in [0.29, 0.717) is 21.6 Å². The Morgan fingerprint density at radius 1 is 1.04 bits per heavy atom.